The summed E-state index contributed by atoms with van der Waals surface area (Å²) in [7, 11) is 0. The first-order valence-electron chi connectivity index (χ1n) is 6.54. The zero-order valence-electron chi connectivity index (χ0n) is 12.4. The number of benzene rings is 2. The van der Waals surface area contributed by atoms with Crippen LogP contribution in [0.15, 0.2) is 54.6 Å². The molecule has 0 spiro atoms. The van der Waals surface area contributed by atoms with Crippen LogP contribution in [0.5, 0.6) is 11.5 Å². The van der Waals surface area contributed by atoms with Gasteiger partial charge in [0.15, 0.2) is 0 Å². The van der Waals surface area contributed by atoms with E-state index in [2.05, 4.69) is 25.5 Å². The normalized spacial score (nSPS) is 10.2. The molecule has 0 aromatic heterocycles. The van der Waals surface area contributed by atoms with E-state index >= 15 is 0 Å². The van der Waals surface area contributed by atoms with Crippen molar-refractivity contribution >= 4 is 6.16 Å². The standard InChI is InChI=1S/C10H14O.C7H6O3/c1-10(2,3)8-4-6-9(11)7-5-8;8-7(9)10-6-4-2-1-3-5-6/h4-7,11H,1-3H3;1-5H,(H,8,9). The van der Waals surface area contributed by atoms with Crippen LogP contribution in [0, 0.1) is 0 Å². The summed E-state index contributed by atoms with van der Waals surface area (Å²) < 4.78 is 4.33. The van der Waals surface area contributed by atoms with E-state index in [0.717, 1.165) is 0 Å². The Balaban J connectivity index is 0.000000211. The number of carboxylic acid groups (broad SMARTS) is 1. The highest BCUT2D eigenvalue weighted by Gasteiger charge is 2.12. The molecule has 0 amide bonds. The van der Waals surface area contributed by atoms with Crippen LogP contribution >= 0.6 is 0 Å². The SMILES string of the molecule is CC(C)(C)c1ccc(O)cc1.O=C(O)Oc1ccccc1. The Bertz CT molecular complexity index is 554. The van der Waals surface area contributed by atoms with Crippen molar-refractivity contribution in [1.82, 2.24) is 0 Å². The number of aromatic hydroxyl groups is 1. The molecule has 2 aromatic carbocycles. The first-order chi connectivity index (χ1) is 9.79. The van der Waals surface area contributed by atoms with E-state index in [1.165, 1.54) is 5.56 Å². The molecule has 0 atom stereocenters. The molecule has 0 unspecified atom stereocenters. The zero-order chi connectivity index (χ0) is 15.9. The summed E-state index contributed by atoms with van der Waals surface area (Å²) in [5, 5.41) is 17.2. The smallest absolute Gasteiger partial charge is 0.508 e. The maximum absolute atomic E-state index is 9.95. The molecule has 0 aliphatic rings. The third-order valence-electron chi connectivity index (χ3n) is 2.68. The molecule has 0 aliphatic carbocycles. The van der Waals surface area contributed by atoms with Crippen LogP contribution < -0.4 is 4.74 Å². The molecular formula is C17H20O4. The average molecular weight is 288 g/mol. The van der Waals surface area contributed by atoms with E-state index in [0.29, 0.717) is 11.5 Å². The number of phenols is 1. The van der Waals surface area contributed by atoms with Crippen molar-refractivity contribution < 1.29 is 19.7 Å². The lowest BCUT2D eigenvalue weighted by atomic mass is 9.87. The van der Waals surface area contributed by atoms with E-state index in [4.69, 9.17) is 10.2 Å². The highest BCUT2D eigenvalue weighted by Crippen LogP contribution is 2.23. The van der Waals surface area contributed by atoms with Crippen molar-refractivity contribution in [1.29, 1.82) is 0 Å². The van der Waals surface area contributed by atoms with Gasteiger partial charge in [0, 0.05) is 0 Å². The molecule has 0 heterocycles. The van der Waals surface area contributed by atoms with E-state index in [1.54, 1.807) is 42.5 Å². The molecular weight excluding hydrogens is 268 g/mol. The predicted molar refractivity (Wildman–Crippen MR) is 81.9 cm³/mol. The second kappa shape index (κ2) is 7.33. The van der Waals surface area contributed by atoms with Crippen LogP contribution in [0.25, 0.3) is 0 Å². The molecule has 4 heteroatoms. The van der Waals surface area contributed by atoms with Gasteiger partial charge in [-0.1, -0.05) is 51.1 Å². The lowest BCUT2D eigenvalue weighted by Gasteiger charge is -2.18. The van der Waals surface area contributed by atoms with Crippen molar-refractivity contribution in [2.45, 2.75) is 26.2 Å². The Labute approximate surface area is 124 Å². The molecule has 0 saturated heterocycles. The van der Waals surface area contributed by atoms with Crippen molar-refractivity contribution in [3.8, 4) is 11.5 Å². The Kier molecular flexibility index (Phi) is 5.79. The van der Waals surface area contributed by atoms with Gasteiger partial charge in [0.25, 0.3) is 0 Å². The van der Waals surface area contributed by atoms with Gasteiger partial charge in [-0.25, -0.2) is 4.79 Å². The summed E-state index contributed by atoms with van der Waals surface area (Å²) in [6.07, 6.45) is -1.29. The fourth-order valence-electron chi connectivity index (χ4n) is 1.55. The first-order valence-corrected chi connectivity index (χ1v) is 6.54. The zero-order valence-corrected chi connectivity index (χ0v) is 12.4. The number of ether oxygens (including phenoxy) is 1. The Morgan fingerprint density at radius 2 is 1.48 bits per heavy atom. The van der Waals surface area contributed by atoms with Gasteiger partial charge in [0.1, 0.15) is 11.5 Å². The van der Waals surface area contributed by atoms with Gasteiger partial charge in [-0.05, 0) is 35.2 Å². The molecule has 2 N–H and O–H groups in total. The Morgan fingerprint density at radius 1 is 0.952 bits per heavy atom. The van der Waals surface area contributed by atoms with Gasteiger partial charge in [-0.3, -0.25) is 0 Å². The number of carbonyl (C=O) groups is 1. The molecule has 0 saturated carbocycles. The number of phenolic OH excluding ortho intramolecular Hbond substituents is 1. The van der Waals surface area contributed by atoms with Crippen LogP contribution in [0.2, 0.25) is 0 Å². The molecule has 2 rings (SSSR count). The second-order valence-electron chi connectivity index (χ2n) is 5.48. The van der Waals surface area contributed by atoms with Crippen LogP contribution in [0.1, 0.15) is 26.3 Å². The van der Waals surface area contributed by atoms with Crippen LogP contribution in [-0.4, -0.2) is 16.4 Å². The van der Waals surface area contributed by atoms with Crippen molar-refractivity contribution in [3.05, 3.63) is 60.2 Å². The summed E-state index contributed by atoms with van der Waals surface area (Å²) in [5.41, 5.74) is 1.42. The summed E-state index contributed by atoms with van der Waals surface area (Å²) in [6.45, 7) is 6.46. The lowest BCUT2D eigenvalue weighted by molar-refractivity contribution is 0.144. The molecule has 21 heavy (non-hydrogen) atoms. The maximum atomic E-state index is 9.95. The fourth-order valence-corrected chi connectivity index (χ4v) is 1.55. The first kappa shape index (κ1) is 16.6. The van der Waals surface area contributed by atoms with Gasteiger partial charge in [-0.2, -0.15) is 0 Å². The molecule has 0 bridgehead atoms. The minimum Gasteiger partial charge on any atom is -0.508 e. The molecule has 112 valence electrons. The topological polar surface area (TPSA) is 66.8 Å². The number of rotatable bonds is 1. The number of hydrogen-bond acceptors (Lipinski definition) is 3. The third kappa shape index (κ3) is 6.47. The number of hydrogen-bond donors (Lipinski definition) is 2. The van der Waals surface area contributed by atoms with E-state index in [9.17, 15) is 4.79 Å². The monoisotopic (exact) mass is 288 g/mol. The maximum Gasteiger partial charge on any atom is 0.511 e. The van der Waals surface area contributed by atoms with E-state index in [-0.39, 0.29) is 5.41 Å². The summed E-state index contributed by atoms with van der Waals surface area (Å²) in [4.78, 5) is 9.95. The van der Waals surface area contributed by atoms with E-state index < -0.39 is 6.16 Å². The van der Waals surface area contributed by atoms with Gasteiger partial charge in [0.05, 0.1) is 0 Å². The molecule has 0 fully saturated rings. The van der Waals surface area contributed by atoms with Crippen molar-refractivity contribution in [3.63, 3.8) is 0 Å². The Hall–Kier alpha value is -2.49. The van der Waals surface area contributed by atoms with Gasteiger partial charge < -0.3 is 14.9 Å². The van der Waals surface area contributed by atoms with Crippen molar-refractivity contribution in [2.24, 2.45) is 0 Å². The lowest BCUT2D eigenvalue weighted by Crippen LogP contribution is -2.10. The minimum absolute atomic E-state index is 0.174. The number of para-hydroxylation sites is 1. The molecule has 0 aliphatic heterocycles. The summed E-state index contributed by atoms with van der Waals surface area (Å²) in [5.74, 6) is 0.674. The minimum atomic E-state index is -1.29. The van der Waals surface area contributed by atoms with Gasteiger partial charge in [0.2, 0.25) is 0 Å². The highest BCUT2D eigenvalue weighted by atomic mass is 16.7. The molecule has 2 aromatic rings. The third-order valence-corrected chi connectivity index (χ3v) is 2.68. The summed E-state index contributed by atoms with van der Waals surface area (Å²) >= 11 is 0. The average Bonchev–Trinajstić information content (AvgIpc) is 2.39. The van der Waals surface area contributed by atoms with Crippen LogP contribution in [-0.2, 0) is 5.41 Å². The predicted octanol–water partition coefficient (Wildman–Crippen LogP) is 4.43. The fraction of sp³-hybridized carbons (Fsp3) is 0.235. The second-order valence-corrected chi connectivity index (χ2v) is 5.48. The molecule has 0 radical (unpaired) electrons. The van der Waals surface area contributed by atoms with Crippen LogP contribution in [0.3, 0.4) is 0 Å². The summed E-state index contributed by atoms with van der Waals surface area (Å²) in [6, 6.07) is 15.7. The van der Waals surface area contributed by atoms with E-state index in [1.807, 2.05) is 12.1 Å². The van der Waals surface area contributed by atoms with Crippen LogP contribution in [0.4, 0.5) is 4.79 Å². The largest absolute Gasteiger partial charge is 0.511 e. The Morgan fingerprint density at radius 3 is 1.90 bits per heavy atom. The quantitative estimate of drug-likeness (QED) is 0.601. The highest BCUT2D eigenvalue weighted by molar-refractivity contribution is 5.60. The van der Waals surface area contributed by atoms with Gasteiger partial charge in [-0.15, -0.1) is 0 Å². The molecule has 4 nitrogen and oxygen atoms in total. The van der Waals surface area contributed by atoms with Gasteiger partial charge >= 0.3 is 6.16 Å². The van der Waals surface area contributed by atoms with Crippen molar-refractivity contribution in [2.75, 3.05) is 0 Å².